The smallest absolute Gasteiger partial charge is 0.309 e. The molecule has 0 spiro atoms. The molecule has 3 aromatic rings. The maximum atomic E-state index is 12.8. The first-order valence-corrected chi connectivity index (χ1v) is 11.0. The van der Waals surface area contributed by atoms with Crippen LogP contribution in [0.15, 0.2) is 14.7 Å². The average molecular weight is 406 g/mol. The van der Waals surface area contributed by atoms with E-state index in [1.54, 1.807) is 15.9 Å². The minimum absolute atomic E-state index is 0.0533. The molecule has 0 aliphatic heterocycles. The highest BCUT2D eigenvalue weighted by molar-refractivity contribution is 7.99. The highest BCUT2D eigenvalue weighted by Gasteiger charge is 2.24. The van der Waals surface area contributed by atoms with Crippen LogP contribution in [0.3, 0.4) is 0 Å². The zero-order chi connectivity index (χ0) is 19.1. The predicted octanol–water partition coefficient (Wildman–Crippen LogP) is 3.26. The van der Waals surface area contributed by atoms with Crippen LogP contribution >= 0.6 is 23.1 Å². The Bertz CT molecular complexity index is 1090. The summed E-state index contributed by atoms with van der Waals surface area (Å²) in [6, 6.07) is 0. The standard InChI is InChI=1S/C18H23N5O2S2/c1-4-7-23-17(25)21-22-18(23)26-10(3)14-19-15(24)13-11-6-5-9(2)8-12(11)27-16(13)20-14/h9-10H,4-8H2,1-3H3,(H,21,25)(H,19,20,24)/t9-,10+/m0/s1. The monoisotopic (exact) mass is 405 g/mol. The Morgan fingerprint density at radius 2 is 2.22 bits per heavy atom. The molecule has 0 radical (unpaired) electrons. The summed E-state index contributed by atoms with van der Waals surface area (Å²) in [5.74, 6) is 1.29. The number of hydrogen-bond donors (Lipinski definition) is 2. The third-order valence-corrected chi connectivity index (χ3v) is 7.27. The van der Waals surface area contributed by atoms with Crippen molar-refractivity contribution >= 4 is 33.3 Å². The molecule has 0 bridgehead atoms. The third-order valence-electron chi connectivity index (χ3n) is 5.02. The van der Waals surface area contributed by atoms with Gasteiger partial charge < -0.3 is 4.98 Å². The van der Waals surface area contributed by atoms with Gasteiger partial charge in [-0.25, -0.2) is 14.9 Å². The highest BCUT2D eigenvalue weighted by atomic mass is 32.2. The Morgan fingerprint density at radius 3 is 3.00 bits per heavy atom. The summed E-state index contributed by atoms with van der Waals surface area (Å²) < 4.78 is 1.63. The van der Waals surface area contributed by atoms with Crippen LogP contribution in [-0.4, -0.2) is 24.7 Å². The lowest BCUT2D eigenvalue weighted by molar-refractivity contribution is 0.509. The molecule has 2 N–H and O–H groups in total. The quantitative estimate of drug-likeness (QED) is 0.635. The average Bonchev–Trinajstić information content (AvgIpc) is 3.16. The van der Waals surface area contributed by atoms with Gasteiger partial charge in [-0.15, -0.1) is 16.4 Å². The van der Waals surface area contributed by atoms with Gasteiger partial charge in [-0.3, -0.25) is 9.36 Å². The molecule has 2 atom stereocenters. The van der Waals surface area contributed by atoms with E-state index in [9.17, 15) is 9.59 Å². The predicted molar refractivity (Wildman–Crippen MR) is 109 cm³/mol. The van der Waals surface area contributed by atoms with Crippen molar-refractivity contribution in [3.8, 4) is 0 Å². The van der Waals surface area contributed by atoms with Crippen molar-refractivity contribution in [1.82, 2.24) is 24.7 Å². The highest BCUT2D eigenvalue weighted by Crippen LogP contribution is 2.37. The van der Waals surface area contributed by atoms with Crippen LogP contribution in [0.2, 0.25) is 0 Å². The summed E-state index contributed by atoms with van der Waals surface area (Å²) in [4.78, 5) is 34.5. The molecular weight excluding hydrogens is 382 g/mol. The number of H-pyrrole nitrogens is 2. The topological polar surface area (TPSA) is 96.4 Å². The van der Waals surface area contributed by atoms with Crippen LogP contribution in [0, 0.1) is 5.92 Å². The van der Waals surface area contributed by atoms with E-state index in [-0.39, 0.29) is 16.5 Å². The van der Waals surface area contributed by atoms with Crippen LogP contribution in [0.25, 0.3) is 10.2 Å². The van der Waals surface area contributed by atoms with E-state index < -0.39 is 0 Å². The minimum atomic E-state index is -0.205. The zero-order valence-electron chi connectivity index (χ0n) is 15.7. The number of thioether (sulfide) groups is 1. The number of nitrogens with zero attached hydrogens (tertiary/aromatic N) is 3. The molecule has 0 unspecified atom stereocenters. The third kappa shape index (κ3) is 3.38. The van der Waals surface area contributed by atoms with Crippen LogP contribution < -0.4 is 11.2 Å². The van der Waals surface area contributed by atoms with Crippen LogP contribution in [0.4, 0.5) is 0 Å². The Morgan fingerprint density at radius 1 is 1.41 bits per heavy atom. The first-order chi connectivity index (χ1) is 13.0. The maximum absolute atomic E-state index is 12.8. The molecule has 0 saturated carbocycles. The van der Waals surface area contributed by atoms with Crippen molar-refractivity contribution in [2.45, 2.75) is 63.4 Å². The Labute approximate surface area is 164 Å². The largest absolute Gasteiger partial charge is 0.343 e. The molecule has 27 heavy (non-hydrogen) atoms. The van der Waals surface area contributed by atoms with Gasteiger partial charge in [-0.1, -0.05) is 25.6 Å². The van der Waals surface area contributed by atoms with Gasteiger partial charge in [0.1, 0.15) is 10.7 Å². The number of aromatic nitrogens is 5. The molecular formula is C18H23N5O2S2. The summed E-state index contributed by atoms with van der Waals surface area (Å²) in [6.45, 7) is 6.86. The van der Waals surface area contributed by atoms with Crippen molar-refractivity contribution in [3.05, 3.63) is 37.1 Å². The first-order valence-electron chi connectivity index (χ1n) is 9.34. The fraction of sp³-hybridized carbons (Fsp3) is 0.556. The van der Waals surface area contributed by atoms with Gasteiger partial charge in [0.15, 0.2) is 5.16 Å². The van der Waals surface area contributed by atoms with E-state index in [2.05, 4.69) is 22.1 Å². The SMILES string of the molecule is CCCn1c(S[C@H](C)c2nc3sc4c(c3c(=O)[nH]2)CC[C@H](C)C4)n[nH]c1=O. The lowest BCUT2D eigenvalue weighted by Gasteiger charge is -2.17. The maximum Gasteiger partial charge on any atom is 0.343 e. The number of thiophene rings is 1. The van der Waals surface area contributed by atoms with Gasteiger partial charge in [-0.05, 0) is 44.1 Å². The van der Waals surface area contributed by atoms with Crippen molar-refractivity contribution in [2.24, 2.45) is 5.92 Å². The summed E-state index contributed by atoms with van der Waals surface area (Å²) in [6.07, 6.45) is 3.97. The number of aryl methyl sites for hydroxylation is 1. The second kappa shape index (κ2) is 7.27. The summed E-state index contributed by atoms with van der Waals surface area (Å²) in [7, 11) is 0. The van der Waals surface area contributed by atoms with E-state index in [0.29, 0.717) is 23.4 Å². The summed E-state index contributed by atoms with van der Waals surface area (Å²) in [5, 5.41) is 7.89. The summed E-state index contributed by atoms with van der Waals surface area (Å²) in [5.41, 5.74) is 0.934. The van der Waals surface area contributed by atoms with E-state index >= 15 is 0 Å². The van der Waals surface area contributed by atoms with Crippen molar-refractivity contribution in [2.75, 3.05) is 0 Å². The zero-order valence-corrected chi connectivity index (χ0v) is 17.3. The Hall–Kier alpha value is -1.87. The molecule has 3 heterocycles. The Kier molecular flexibility index (Phi) is 4.98. The van der Waals surface area contributed by atoms with E-state index in [0.717, 1.165) is 35.9 Å². The molecule has 4 rings (SSSR count). The number of hydrogen-bond acceptors (Lipinski definition) is 6. The molecule has 0 aromatic carbocycles. The second-order valence-corrected chi connectivity index (χ2v) is 9.60. The second-order valence-electron chi connectivity index (χ2n) is 7.21. The van der Waals surface area contributed by atoms with Gasteiger partial charge in [-0.2, -0.15) is 0 Å². The van der Waals surface area contributed by atoms with Gasteiger partial charge in [0.05, 0.1) is 10.6 Å². The Balaban J connectivity index is 1.68. The number of rotatable bonds is 5. The molecule has 0 saturated heterocycles. The summed E-state index contributed by atoms with van der Waals surface area (Å²) >= 11 is 3.08. The molecule has 0 fully saturated rings. The number of nitrogens with one attached hydrogen (secondary N) is 2. The van der Waals surface area contributed by atoms with Crippen LogP contribution in [-0.2, 0) is 19.4 Å². The van der Waals surface area contributed by atoms with E-state index in [4.69, 9.17) is 4.98 Å². The van der Waals surface area contributed by atoms with E-state index in [1.165, 1.54) is 22.2 Å². The number of aromatic amines is 2. The van der Waals surface area contributed by atoms with Gasteiger partial charge in [0, 0.05) is 11.4 Å². The minimum Gasteiger partial charge on any atom is -0.309 e. The fourth-order valence-electron chi connectivity index (χ4n) is 3.59. The van der Waals surface area contributed by atoms with Crippen molar-refractivity contribution in [3.63, 3.8) is 0 Å². The fourth-order valence-corrected chi connectivity index (χ4v) is 5.92. The molecule has 3 aromatic heterocycles. The van der Waals surface area contributed by atoms with Crippen molar-refractivity contribution in [1.29, 1.82) is 0 Å². The van der Waals surface area contributed by atoms with Gasteiger partial charge in [0.2, 0.25) is 0 Å². The molecule has 0 amide bonds. The van der Waals surface area contributed by atoms with Crippen LogP contribution in [0.1, 0.15) is 55.1 Å². The molecule has 1 aliphatic carbocycles. The first kappa shape index (κ1) is 18.5. The lowest BCUT2D eigenvalue weighted by atomic mass is 9.89. The van der Waals surface area contributed by atoms with Gasteiger partial charge in [0.25, 0.3) is 5.56 Å². The van der Waals surface area contributed by atoms with Crippen molar-refractivity contribution < 1.29 is 0 Å². The molecule has 9 heteroatoms. The number of fused-ring (bicyclic) bond motifs is 3. The molecule has 144 valence electrons. The van der Waals surface area contributed by atoms with Crippen LogP contribution in [0.5, 0.6) is 0 Å². The molecule has 1 aliphatic rings. The normalized spacial score (nSPS) is 18.0. The van der Waals surface area contributed by atoms with Gasteiger partial charge >= 0.3 is 5.69 Å². The molecule has 7 nitrogen and oxygen atoms in total. The van der Waals surface area contributed by atoms with E-state index in [1.807, 2.05) is 13.8 Å². The lowest BCUT2D eigenvalue weighted by Crippen LogP contribution is -2.18.